The smallest absolute Gasteiger partial charge is 0.309 e. The Morgan fingerprint density at radius 3 is 2.60 bits per heavy atom. The highest BCUT2D eigenvalue weighted by atomic mass is 32.1. The van der Waals surface area contributed by atoms with Gasteiger partial charge >= 0.3 is 5.97 Å². The maximum absolute atomic E-state index is 12.2. The van der Waals surface area contributed by atoms with E-state index in [2.05, 4.69) is 50.8 Å². The average Bonchev–Trinajstić information content (AvgIpc) is 3.20. The fourth-order valence-corrected chi connectivity index (χ4v) is 5.76. The Balaban J connectivity index is 1.56. The summed E-state index contributed by atoms with van der Waals surface area (Å²) in [4.78, 5) is 30.3. The third-order valence-corrected chi connectivity index (χ3v) is 7.79. The fourth-order valence-electron chi connectivity index (χ4n) is 5.42. The number of esters is 1. The second-order valence-electron chi connectivity index (χ2n) is 9.51. The summed E-state index contributed by atoms with van der Waals surface area (Å²) >= 11 is 5.56. The molecule has 2 N–H and O–H groups in total. The average molecular weight is 498 g/mol. The van der Waals surface area contributed by atoms with Gasteiger partial charge < -0.3 is 29.4 Å². The standard InChI is InChI=1S/C25H35N7O2S/c1-4-32-21-15-19-18(14-20(21)28-25(32)35)22(30(3)17-6-10-26-11-7-17)29-24(27-19)31-12-8-16(9-13-31)23(33)34-5-2/h14-17,26H,4-13H2,1-3H3,(H,28,35). The zero-order valence-electron chi connectivity index (χ0n) is 20.8. The molecule has 5 rings (SSSR count). The number of piperidine rings is 2. The van der Waals surface area contributed by atoms with E-state index in [1.807, 2.05) is 6.92 Å². The minimum atomic E-state index is -0.0865. The van der Waals surface area contributed by atoms with Gasteiger partial charge in [0.2, 0.25) is 5.95 Å². The summed E-state index contributed by atoms with van der Waals surface area (Å²) in [5.41, 5.74) is 2.99. The van der Waals surface area contributed by atoms with Crippen LogP contribution in [0.4, 0.5) is 11.8 Å². The molecule has 0 saturated carbocycles. The lowest BCUT2D eigenvalue weighted by Crippen LogP contribution is -2.42. The lowest BCUT2D eigenvalue weighted by atomic mass is 9.97. The SMILES string of the molecule is CCOC(=O)C1CCN(c2nc(N(C)C3CCNCC3)c3cc4[nH]c(=S)n(CC)c4cc3n2)CC1. The Morgan fingerprint density at radius 1 is 1.17 bits per heavy atom. The number of carbonyl (C=O) groups is 1. The Hall–Kier alpha value is -2.72. The molecule has 0 radical (unpaired) electrons. The number of anilines is 2. The van der Waals surface area contributed by atoms with Crippen molar-refractivity contribution in [2.45, 2.75) is 52.1 Å². The van der Waals surface area contributed by atoms with Crippen LogP contribution in [0.1, 0.15) is 39.5 Å². The third kappa shape index (κ3) is 4.61. The van der Waals surface area contributed by atoms with Crippen LogP contribution in [0.25, 0.3) is 21.9 Å². The van der Waals surface area contributed by atoms with E-state index in [0.29, 0.717) is 12.6 Å². The quantitative estimate of drug-likeness (QED) is 0.394. The van der Waals surface area contributed by atoms with Crippen LogP contribution < -0.4 is 15.1 Å². The van der Waals surface area contributed by atoms with E-state index in [9.17, 15) is 4.79 Å². The van der Waals surface area contributed by atoms with Gasteiger partial charge in [-0.15, -0.1) is 0 Å². The molecule has 3 aromatic rings. The summed E-state index contributed by atoms with van der Waals surface area (Å²) in [7, 11) is 2.15. The third-order valence-electron chi connectivity index (χ3n) is 7.46. The molecule has 9 nitrogen and oxygen atoms in total. The van der Waals surface area contributed by atoms with Gasteiger partial charge in [-0.2, -0.15) is 4.98 Å². The summed E-state index contributed by atoms with van der Waals surface area (Å²) in [5, 5.41) is 4.49. The zero-order valence-corrected chi connectivity index (χ0v) is 21.7. The van der Waals surface area contributed by atoms with Crippen molar-refractivity contribution in [1.29, 1.82) is 0 Å². The first-order valence-corrected chi connectivity index (χ1v) is 13.2. The Bertz CT molecular complexity index is 1270. The van der Waals surface area contributed by atoms with Crippen molar-refractivity contribution < 1.29 is 9.53 Å². The van der Waals surface area contributed by atoms with Gasteiger partial charge in [-0.1, -0.05) is 0 Å². The summed E-state index contributed by atoms with van der Waals surface area (Å²) in [6.07, 6.45) is 3.68. The number of H-pyrrole nitrogens is 1. The van der Waals surface area contributed by atoms with E-state index >= 15 is 0 Å². The van der Waals surface area contributed by atoms with Gasteiger partial charge in [-0.05, 0) is 77.0 Å². The normalized spacial score (nSPS) is 17.9. The molecule has 0 atom stereocenters. The number of nitrogens with zero attached hydrogens (tertiary/aromatic N) is 5. The van der Waals surface area contributed by atoms with E-state index in [1.165, 1.54) is 0 Å². The minimum Gasteiger partial charge on any atom is -0.466 e. The first-order chi connectivity index (χ1) is 17.0. The molecule has 4 heterocycles. The van der Waals surface area contributed by atoms with E-state index in [4.69, 9.17) is 26.9 Å². The number of ether oxygens (including phenoxy) is 1. The van der Waals surface area contributed by atoms with E-state index in [0.717, 1.165) is 96.9 Å². The Labute approximate surface area is 210 Å². The second kappa shape index (κ2) is 10.1. The Kier molecular flexibility index (Phi) is 6.93. The van der Waals surface area contributed by atoms with Gasteiger partial charge in [0.05, 0.1) is 29.1 Å². The summed E-state index contributed by atoms with van der Waals surface area (Å²) in [5.74, 6) is 1.55. The second-order valence-corrected chi connectivity index (χ2v) is 9.90. The minimum absolute atomic E-state index is 0.0444. The fraction of sp³-hybridized carbons (Fsp3) is 0.600. The molecular formula is C25H35N7O2S. The van der Waals surface area contributed by atoms with E-state index in [-0.39, 0.29) is 11.9 Å². The van der Waals surface area contributed by atoms with Crippen molar-refractivity contribution in [1.82, 2.24) is 24.8 Å². The molecule has 0 unspecified atom stereocenters. The predicted octanol–water partition coefficient (Wildman–Crippen LogP) is 3.63. The summed E-state index contributed by atoms with van der Waals surface area (Å²) in [6, 6.07) is 4.71. The number of aryl methyl sites for hydroxylation is 1. The van der Waals surface area contributed by atoms with Gasteiger partial charge in [-0.3, -0.25) is 4.79 Å². The maximum atomic E-state index is 12.2. The number of imidazole rings is 1. The lowest BCUT2D eigenvalue weighted by Gasteiger charge is -2.35. The van der Waals surface area contributed by atoms with Crippen LogP contribution in [0.15, 0.2) is 12.1 Å². The molecule has 2 aliphatic heterocycles. The molecule has 1 aromatic carbocycles. The predicted molar refractivity (Wildman–Crippen MR) is 142 cm³/mol. The number of benzene rings is 1. The van der Waals surface area contributed by atoms with Crippen molar-refractivity contribution in [2.24, 2.45) is 5.92 Å². The van der Waals surface area contributed by atoms with Crippen LogP contribution in [0.2, 0.25) is 0 Å². The maximum Gasteiger partial charge on any atom is 0.309 e. The topological polar surface area (TPSA) is 91.3 Å². The highest BCUT2D eigenvalue weighted by molar-refractivity contribution is 7.71. The molecule has 0 amide bonds. The van der Waals surface area contributed by atoms with Crippen LogP contribution in [0.5, 0.6) is 0 Å². The van der Waals surface area contributed by atoms with Crippen molar-refractivity contribution in [2.75, 3.05) is 49.6 Å². The zero-order chi connectivity index (χ0) is 24.5. The molecule has 0 spiro atoms. The highest BCUT2D eigenvalue weighted by Crippen LogP contribution is 2.33. The van der Waals surface area contributed by atoms with Gasteiger partial charge in [0.25, 0.3) is 0 Å². The largest absolute Gasteiger partial charge is 0.466 e. The molecule has 10 heteroatoms. The van der Waals surface area contributed by atoms with Gasteiger partial charge in [-0.25, -0.2) is 4.98 Å². The number of hydrogen-bond acceptors (Lipinski definition) is 8. The monoisotopic (exact) mass is 497 g/mol. The highest BCUT2D eigenvalue weighted by Gasteiger charge is 2.29. The van der Waals surface area contributed by atoms with E-state index in [1.54, 1.807) is 0 Å². The number of hydrogen-bond donors (Lipinski definition) is 2. The molecule has 2 aliphatic rings. The number of aromatic nitrogens is 4. The Morgan fingerprint density at radius 2 is 1.91 bits per heavy atom. The van der Waals surface area contributed by atoms with Crippen LogP contribution in [0, 0.1) is 10.7 Å². The van der Waals surface area contributed by atoms with Crippen LogP contribution in [-0.4, -0.2) is 71.4 Å². The summed E-state index contributed by atoms with van der Waals surface area (Å²) in [6.45, 7) is 8.69. The molecule has 35 heavy (non-hydrogen) atoms. The summed E-state index contributed by atoms with van der Waals surface area (Å²) < 4.78 is 8.07. The first-order valence-electron chi connectivity index (χ1n) is 12.8. The number of aromatic amines is 1. The first kappa shape index (κ1) is 24.0. The van der Waals surface area contributed by atoms with Crippen LogP contribution >= 0.6 is 12.2 Å². The number of rotatable bonds is 6. The molecule has 2 saturated heterocycles. The van der Waals surface area contributed by atoms with E-state index < -0.39 is 0 Å². The lowest BCUT2D eigenvalue weighted by molar-refractivity contribution is -0.148. The molecule has 0 bridgehead atoms. The van der Waals surface area contributed by atoms with Crippen molar-refractivity contribution in [3.05, 3.63) is 16.9 Å². The van der Waals surface area contributed by atoms with Gasteiger partial charge in [0, 0.05) is 38.1 Å². The van der Waals surface area contributed by atoms with Crippen molar-refractivity contribution >= 4 is 51.9 Å². The number of fused-ring (bicyclic) bond motifs is 2. The number of nitrogens with one attached hydrogen (secondary N) is 2. The van der Waals surface area contributed by atoms with Crippen molar-refractivity contribution in [3.8, 4) is 0 Å². The van der Waals surface area contributed by atoms with Gasteiger partial charge in [0.15, 0.2) is 4.77 Å². The van der Waals surface area contributed by atoms with Gasteiger partial charge in [0.1, 0.15) is 5.82 Å². The molecule has 188 valence electrons. The van der Waals surface area contributed by atoms with Crippen LogP contribution in [0.3, 0.4) is 0 Å². The molecule has 0 aliphatic carbocycles. The molecular weight excluding hydrogens is 462 g/mol. The van der Waals surface area contributed by atoms with Crippen molar-refractivity contribution in [3.63, 3.8) is 0 Å². The molecule has 2 aromatic heterocycles. The molecule has 2 fully saturated rings. The number of carbonyl (C=O) groups excluding carboxylic acids is 1. The van der Waals surface area contributed by atoms with Crippen LogP contribution in [-0.2, 0) is 16.1 Å².